The molecule has 0 aliphatic rings. The fourth-order valence-corrected chi connectivity index (χ4v) is 1.87. The summed E-state index contributed by atoms with van der Waals surface area (Å²) in [6.45, 7) is 2.58. The first kappa shape index (κ1) is 15.6. The number of carbonyl (C=O) groups is 1. The molecule has 0 atom stereocenters. The van der Waals surface area contributed by atoms with E-state index in [0.717, 1.165) is 0 Å². The zero-order chi connectivity index (χ0) is 16.1. The first-order valence-corrected chi connectivity index (χ1v) is 6.79. The molecule has 1 amide bonds. The van der Waals surface area contributed by atoms with Crippen LogP contribution >= 0.6 is 12.2 Å². The summed E-state index contributed by atoms with van der Waals surface area (Å²) in [5.41, 5.74) is 0.919. The van der Waals surface area contributed by atoms with Gasteiger partial charge in [-0.2, -0.15) is 5.10 Å². The van der Waals surface area contributed by atoms with Crippen LogP contribution in [0.5, 0.6) is 0 Å². The average Bonchev–Trinajstić information content (AvgIpc) is 2.96. The van der Waals surface area contributed by atoms with Crippen LogP contribution in [0.4, 0.5) is 11.4 Å². The molecule has 0 saturated heterocycles. The van der Waals surface area contributed by atoms with Crippen LogP contribution in [-0.4, -0.2) is 25.7 Å². The quantitative estimate of drug-likeness (QED) is 0.507. The van der Waals surface area contributed by atoms with Gasteiger partial charge >= 0.3 is 0 Å². The lowest BCUT2D eigenvalue weighted by Gasteiger charge is -2.08. The maximum absolute atomic E-state index is 11.9. The number of rotatable bonds is 4. The van der Waals surface area contributed by atoms with Crippen LogP contribution in [0.2, 0.25) is 0 Å². The Morgan fingerprint density at radius 2 is 2.09 bits per heavy atom. The number of carbonyl (C=O) groups excluding carboxylic acids is 1. The molecule has 8 nitrogen and oxygen atoms in total. The van der Waals surface area contributed by atoms with Crippen molar-refractivity contribution >= 4 is 34.6 Å². The minimum atomic E-state index is -0.491. The largest absolute Gasteiger partial charge is 0.332 e. The van der Waals surface area contributed by atoms with Crippen LogP contribution in [0.15, 0.2) is 36.7 Å². The molecule has 0 spiro atoms. The van der Waals surface area contributed by atoms with Crippen molar-refractivity contribution in [3.8, 4) is 0 Å². The van der Waals surface area contributed by atoms with Crippen LogP contribution in [0.1, 0.15) is 17.3 Å². The number of hydrogen-bond acceptors (Lipinski definition) is 5. The lowest BCUT2D eigenvalue weighted by atomic mass is 10.3. The van der Waals surface area contributed by atoms with Crippen molar-refractivity contribution in [3.05, 3.63) is 52.3 Å². The molecule has 0 unspecified atom stereocenters. The summed E-state index contributed by atoms with van der Waals surface area (Å²) in [5.74, 6) is -0.376. The summed E-state index contributed by atoms with van der Waals surface area (Å²) in [5, 5.41) is 20.0. The summed E-state index contributed by atoms with van der Waals surface area (Å²) < 4.78 is 1.63. The van der Waals surface area contributed by atoms with Gasteiger partial charge in [-0.3, -0.25) is 24.9 Å². The maximum Gasteiger partial charge on any atom is 0.269 e. The molecule has 1 aromatic heterocycles. The SMILES string of the molecule is CCn1cc(C(=O)NC(=S)Nc2ccc([N+](=O)[O-])cc2)cn1. The van der Waals surface area contributed by atoms with Crippen molar-refractivity contribution in [2.75, 3.05) is 5.32 Å². The zero-order valence-corrected chi connectivity index (χ0v) is 12.5. The Bertz CT molecular complexity index is 711. The van der Waals surface area contributed by atoms with Gasteiger partial charge in [-0.05, 0) is 31.3 Å². The molecule has 0 saturated carbocycles. The highest BCUT2D eigenvalue weighted by molar-refractivity contribution is 7.80. The molecule has 0 bridgehead atoms. The normalized spacial score (nSPS) is 10.0. The number of nitrogens with zero attached hydrogens (tertiary/aromatic N) is 3. The molecule has 1 aromatic carbocycles. The van der Waals surface area contributed by atoms with E-state index in [-0.39, 0.29) is 16.7 Å². The number of amides is 1. The van der Waals surface area contributed by atoms with E-state index in [2.05, 4.69) is 15.7 Å². The minimum Gasteiger partial charge on any atom is -0.332 e. The van der Waals surface area contributed by atoms with Crippen LogP contribution in [0.3, 0.4) is 0 Å². The lowest BCUT2D eigenvalue weighted by molar-refractivity contribution is -0.384. The van der Waals surface area contributed by atoms with Crippen molar-refractivity contribution in [1.82, 2.24) is 15.1 Å². The Balaban J connectivity index is 1.94. The number of nitro groups is 1. The number of aromatic nitrogens is 2. The van der Waals surface area contributed by atoms with Gasteiger partial charge in [0, 0.05) is 30.6 Å². The van der Waals surface area contributed by atoms with Gasteiger partial charge in [0.1, 0.15) is 0 Å². The molecule has 9 heteroatoms. The smallest absolute Gasteiger partial charge is 0.269 e. The number of nitro benzene ring substituents is 1. The van der Waals surface area contributed by atoms with E-state index in [0.29, 0.717) is 17.8 Å². The Hall–Kier alpha value is -2.81. The Kier molecular flexibility index (Phi) is 4.79. The summed E-state index contributed by atoms with van der Waals surface area (Å²) in [4.78, 5) is 22.0. The summed E-state index contributed by atoms with van der Waals surface area (Å²) in [7, 11) is 0. The molecule has 2 rings (SSSR count). The van der Waals surface area contributed by atoms with Crippen LogP contribution in [0, 0.1) is 10.1 Å². The molecule has 114 valence electrons. The van der Waals surface area contributed by atoms with Gasteiger partial charge in [-0.1, -0.05) is 0 Å². The van der Waals surface area contributed by atoms with E-state index >= 15 is 0 Å². The number of anilines is 1. The van der Waals surface area contributed by atoms with Gasteiger partial charge in [-0.15, -0.1) is 0 Å². The summed E-state index contributed by atoms with van der Waals surface area (Å²) >= 11 is 5.03. The molecule has 22 heavy (non-hydrogen) atoms. The molecule has 1 heterocycles. The Morgan fingerprint density at radius 3 is 2.64 bits per heavy atom. The molecule has 2 N–H and O–H groups in total. The number of aryl methyl sites for hydroxylation is 1. The molecular formula is C13H13N5O3S. The molecular weight excluding hydrogens is 306 g/mol. The molecule has 0 aliphatic heterocycles. The summed E-state index contributed by atoms with van der Waals surface area (Å²) in [6, 6.07) is 5.70. The van der Waals surface area contributed by atoms with Gasteiger partial charge in [0.15, 0.2) is 5.11 Å². The number of non-ortho nitro benzene ring substituents is 1. The fourth-order valence-electron chi connectivity index (χ4n) is 1.66. The van der Waals surface area contributed by atoms with E-state index in [1.165, 1.54) is 30.5 Å². The molecule has 0 aliphatic carbocycles. The third kappa shape index (κ3) is 3.85. The van der Waals surface area contributed by atoms with Crippen LogP contribution < -0.4 is 10.6 Å². The van der Waals surface area contributed by atoms with Crippen molar-refractivity contribution in [1.29, 1.82) is 0 Å². The van der Waals surface area contributed by atoms with E-state index in [1.807, 2.05) is 6.92 Å². The monoisotopic (exact) mass is 319 g/mol. The second kappa shape index (κ2) is 6.76. The van der Waals surface area contributed by atoms with Gasteiger partial charge in [0.2, 0.25) is 0 Å². The maximum atomic E-state index is 11.9. The average molecular weight is 319 g/mol. The highest BCUT2D eigenvalue weighted by Gasteiger charge is 2.11. The molecule has 0 radical (unpaired) electrons. The number of benzene rings is 1. The van der Waals surface area contributed by atoms with E-state index in [9.17, 15) is 14.9 Å². The molecule has 2 aromatic rings. The van der Waals surface area contributed by atoms with Crippen molar-refractivity contribution < 1.29 is 9.72 Å². The predicted octanol–water partition coefficient (Wildman–Crippen LogP) is 1.94. The topological polar surface area (TPSA) is 102 Å². The molecule has 0 fully saturated rings. The minimum absolute atomic E-state index is 0.0208. The van der Waals surface area contributed by atoms with Crippen molar-refractivity contribution in [2.45, 2.75) is 13.5 Å². The van der Waals surface area contributed by atoms with E-state index < -0.39 is 4.92 Å². The first-order chi connectivity index (χ1) is 10.5. The van der Waals surface area contributed by atoms with E-state index in [4.69, 9.17) is 12.2 Å². The predicted molar refractivity (Wildman–Crippen MR) is 84.7 cm³/mol. The lowest BCUT2D eigenvalue weighted by Crippen LogP contribution is -2.33. The first-order valence-electron chi connectivity index (χ1n) is 6.39. The van der Waals surface area contributed by atoms with Crippen molar-refractivity contribution in [3.63, 3.8) is 0 Å². The van der Waals surface area contributed by atoms with Crippen LogP contribution in [-0.2, 0) is 6.54 Å². The van der Waals surface area contributed by atoms with Crippen molar-refractivity contribution in [2.24, 2.45) is 0 Å². The number of hydrogen-bond donors (Lipinski definition) is 2. The highest BCUT2D eigenvalue weighted by atomic mass is 32.1. The van der Waals surface area contributed by atoms with Gasteiger partial charge in [0.25, 0.3) is 11.6 Å². The second-order valence-electron chi connectivity index (χ2n) is 4.30. The summed E-state index contributed by atoms with van der Waals surface area (Å²) in [6.07, 6.45) is 3.07. The van der Waals surface area contributed by atoms with Gasteiger partial charge in [0.05, 0.1) is 16.7 Å². The highest BCUT2D eigenvalue weighted by Crippen LogP contribution is 2.15. The Labute approximate surface area is 131 Å². The Morgan fingerprint density at radius 1 is 1.41 bits per heavy atom. The zero-order valence-electron chi connectivity index (χ0n) is 11.6. The third-order valence-corrected chi connectivity index (χ3v) is 2.99. The van der Waals surface area contributed by atoms with E-state index in [1.54, 1.807) is 10.9 Å². The fraction of sp³-hybridized carbons (Fsp3) is 0.154. The van der Waals surface area contributed by atoms with Gasteiger partial charge < -0.3 is 5.32 Å². The van der Waals surface area contributed by atoms with Crippen LogP contribution in [0.25, 0.3) is 0 Å². The number of thiocarbonyl (C=S) groups is 1. The number of nitrogens with one attached hydrogen (secondary N) is 2. The second-order valence-corrected chi connectivity index (χ2v) is 4.71. The third-order valence-electron chi connectivity index (χ3n) is 2.78. The standard InChI is InChI=1S/C13H13N5O3S/c1-2-17-8-9(7-14-17)12(19)16-13(22)15-10-3-5-11(6-4-10)18(20)21/h3-8H,2H2,1H3,(H2,15,16,19,22). The van der Waals surface area contributed by atoms with Gasteiger partial charge in [-0.25, -0.2) is 0 Å².